The summed E-state index contributed by atoms with van der Waals surface area (Å²) < 4.78 is 0. The van der Waals surface area contributed by atoms with Crippen LogP contribution in [0.15, 0.2) is 35.5 Å². The zero-order valence-corrected chi connectivity index (χ0v) is 14.2. The summed E-state index contributed by atoms with van der Waals surface area (Å²) in [6.45, 7) is 6.66. The van der Waals surface area contributed by atoms with Crippen molar-refractivity contribution in [3.05, 3.63) is 35.5 Å². The maximum atomic E-state index is 9.88. The fraction of sp³-hybridized carbons (Fsp3) is 0.700. The van der Waals surface area contributed by atoms with Gasteiger partial charge in [0.2, 0.25) is 0 Å². The van der Waals surface area contributed by atoms with Crippen LogP contribution in [0.1, 0.15) is 58.3 Å². The second-order valence-electron chi connectivity index (χ2n) is 7.76. The monoisotopic (exact) mass is 301 g/mol. The van der Waals surface area contributed by atoms with Crippen molar-refractivity contribution in [2.24, 2.45) is 11.3 Å². The van der Waals surface area contributed by atoms with Crippen molar-refractivity contribution in [1.82, 2.24) is 5.32 Å². The Morgan fingerprint density at radius 1 is 1.23 bits per heavy atom. The summed E-state index contributed by atoms with van der Waals surface area (Å²) in [5.41, 5.74) is 4.55. The van der Waals surface area contributed by atoms with Gasteiger partial charge in [0, 0.05) is 6.04 Å². The van der Waals surface area contributed by atoms with Gasteiger partial charge in [-0.15, -0.1) is 0 Å². The molecule has 0 radical (unpaired) electrons. The first kappa shape index (κ1) is 16.0. The average Bonchev–Trinajstić information content (AvgIpc) is 2.85. The van der Waals surface area contributed by atoms with E-state index in [-0.39, 0.29) is 6.10 Å². The molecule has 2 heteroatoms. The SMILES string of the molecule is C=C1CC[C@H](O)C/C1=C/C=C1\CCCC2(C)C(NC)CCC12. The molecule has 0 aromatic carbocycles. The molecule has 3 rings (SSSR count). The lowest BCUT2D eigenvalue weighted by molar-refractivity contribution is 0.158. The lowest BCUT2D eigenvalue weighted by Crippen LogP contribution is -2.42. The number of fused-ring (bicyclic) bond motifs is 1. The van der Waals surface area contributed by atoms with E-state index in [0.717, 1.165) is 25.2 Å². The number of aliphatic hydroxyl groups excluding tert-OH is 1. The molecule has 2 nitrogen and oxygen atoms in total. The molecule has 3 aliphatic rings. The van der Waals surface area contributed by atoms with Crippen molar-refractivity contribution in [1.29, 1.82) is 0 Å². The van der Waals surface area contributed by atoms with Crippen LogP contribution in [0, 0.1) is 11.3 Å². The Morgan fingerprint density at radius 2 is 2.05 bits per heavy atom. The molecule has 2 N–H and O–H groups in total. The molecule has 3 unspecified atom stereocenters. The Hall–Kier alpha value is -0.860. The van der Waals surface area contributed by atoms with Crippen molar-refractivity contribution in [3.63, 3.8) is 0 Å². The van der Waals surface area contributed by atoms with Crippen LogP contribution in [0.3, 0.4) is 0 Å². The van der Waals surface area contributed by atoms with E-state index in [4.69, 9.17) is 0 Å². The van der Waals surface area contributed by atoms with Crippen LogP contribution in [0.2, 0.25) is 0 Å². The lowest BCUT2D eigenvalue weighted by Gasteiger charge is -2.42. The van der Waals surface area contributed by atoms with Crippen LogP contribution in [0.5, 0.6) is 0 Å². The molecule has 0 aromatic rings. The number of aliphatic hydroxyl groups is 1. The van der Waals surface area contributed by atoms with Gasteiger partial charge in [0.05, 0.1) is 6.10 Å². The molecule has 122 valence electrons. The van der Waals surface area contributed by atoms with E-state index in [0.29, 0.717) is 11.5 Å². The third kappa shape index (κ3) is 2.83. The highest BCUT2D eigenvalue weighted by atomic mass is 16.3. The van der Waals surface area contributed by atoms with Crippen LogP contribution < -0.4 is 5.32 Å². The summed E-state index contributed by atoms with van der Waals surface area (Å²) in [6.07, 6.45) is 13.6. The molecule has 0 saturated heterocycles. The third-order valence-corrected chi connectivity index (χ3v) is 6.50. The smallest absolute Gasteiger partial charge is 0.0583 e. The van der Waals surface area contributed by atoms with Gasteiger partial charge in [0.15, 0.2) is 0 Å². The second-order valence-corrected chi connectivity index (χ2v) is 7.76. The molecule has 3 fully saturated rings. The highest BCUT2D eigenvalue weighted by molar-refractivity contribution is 5.36. The van der Waals surface area contributed by atoms with E-state index in [2.05, 4.69) is 38.0 Å². The third-order valence-electron chi connectivity index (χ3n) is 6.50. The fourth-order valence-corrected chi connectivity index (χ4v) is 5.11. The molecule has 0 amide bonds. The molecule has 22 heavy (non-hydrogen) atoms. The molecule has 3 aliphatic carbocycles. The van der Waals surface area contributed by atoms with Gasteiger partial charge in [-0.1, -0.05) is 36.8 Å². The van der Waals surface area contributed by atoms with Gasteiger partial charge in [0.25, 0.3) is 0 Å². The van der Waals surface area contributed by atoms with Gasteiger partial charge in [-0.2, -0.15) is 0 Å². The van der Waals surface area contributed by atoms with Crippen LogP contribution in [-0.4, -0.2) is 24.3 Å². The Morgan fingerprint density at radius 3 is 2.82 bits per heavy atom. The van der Waals surface area contributed by atoms with Crippen LogP contribution in [0.4, 0.5) is 0 Å². The summed E-state index contributed by atoms with van der Waals surface area (Å²) >= 11 is 0. The normalized spacial score (nSPS) is 42.9. The molecular weight excluding hydrogens is 270 g/mol. The maximum absolute atomic E-state index is 9.88. The van der Waals surface area contributed by atoms with Crippen molar-refractivity contribution in [2.45, 2.75) is 70.4 Å². The standard InChI is InChI=1S/C20H31NO/c1-14-6-9-17(22)13-16(14)8-7-15-5-4-12-20(2)18(15)10-11-19(20)21-3/h7-8,17-19,21-22H,1,4-6,9-13H2,2-3H3/b15-7+,16-8-/t17-,18?,19?,20?/m0/s1. The predicted octanol–water partition coefficient (Wildman–Crippen LogP) is 4.13. The number of hydrogen-bond donors (Lipinski definition) is 2. The summed E-state index contributed by atoms with van der Waals surface area (Å²) in [4.78, 5) is 0. The zero-order chi connectivity index (χ0) is 15.7. The Balaban J connectivity index is 1.81. The van der Waals surface area contributed by atoms with Crippen LogP contribution in [-0.2, 0) is 0 Å². The van der Waals surface area contributed by atoms with E-state index < -0.39 is 0 Å². The summed E-state index contributed by atoms with van der Waals surface area (Å²) in [6, 6.07) is 0.667. The fourth-order valence-electron chi connectivity index (χ4n) is 5.11. The first-order valence-corrected chi connectivity index (χ1v) is 8.97. The van der Waals surface area contributed by atoms with Crippen molar-refractivity contribution < 1.29 is 5.11 Å². The Bertz CT molecular complexity index is 504. The Kier molecular flexibility index (Phi) is 4.61. The first-order valence-electron chi connectivity index (χ1n) is 8.97. The molecule has 4 atom stereocenters. The minimum atomic E-state index is -0.174. The van der Waals surface area contributed by atoms with E-state index in [1.165, 1.54) is 43.3 Å². The van der Waals surface area contributed by atoms with Crippen LogP contribution in [0.25, 0.3) is 0 Å². The molecule has 3 saturated carbocycles. The molecular formula is C20H31NO. The largest absolute Gasteiger partial charge is 0.393 e. The number of allylic oxidation sites excluding steroid dienone is 4. The van der Waals surface area contributed by atoms with Gasteiger partial charge < -0.3 is 10.4 Å². The minimum Gasteiger partial charge on any atom is -0.393 e. The number of rotatable bonds is 2. The van der Waals surface area contributed by atoms with Crippen LogP contribution >= 0.6 is 0 Å². The van der Waals surface area contributed by atoms with Gasteiger partial charge in [0.1, 0.15) is 0 Å². The highest BCUT2D eigenvalue weighted by Gasteiger charge is 2.48. The van der Waals surface area contributed by atoms with Crippen molar-refractivity contribution in [3.8, 4) is 0 Å². The highest BCUT2D eigenvalue weighted by Crippen LogP contribution is 2.54. The maximum Gasteiger partial charge on any atom is 0.0583 e. The van der Waals surface area contributed by atoms with Gasteiger partial charge in [-0.3, -0.25) is 0 Å². The topological polar surface area (TPSA) is 32.3 Å². The van der Waals surface area contributed by atoms with Gasteiger partial charge in [-0.05, 0) is 75.3 Å². The van der Waals surface area contributed by atoms with Crippen molar-refractivity contribution >= 4 is 0 Å². The molecule has 0 bridgehead atoms. The van der Waals surface area contributed by atoms with Gasteiger partial charge >= 0.3 is 0 Å². The molecule has 0 heterocycles. The van der Waals surface area contributed by atoms with E-state index in [9.17, 15) is 5.11 Å². The van der Waals surface area contributed by atoms with Crippen molar-refractivity contribution in [2.75, 3.05) is 7.05 Å². The minimum absolute atomic E-state index is 0.174. The van der Waals surface area contributed by atoms with E-state index in [1.807, 2.05) is 0 Å². The molecule has 0 aromatic heterocycles. The summed E-state index contributed by atoms with van der Waals surface area (Å²) in [5, 5.41) is 13.4. The quantitative estimate of drug-likeness (QED) is 0.804. The van der Waals surface area contributed by atoms with E-state index in [1.54, 1.807) is 5.57 Å². The second kappa shape index (κ2) is 6.33. The lowest BCUT2D eigenvalue weighted by atomic mass is 9.65. The first-order chi connectivity index (χ1) is 10.5. The Labute approximate surface area is 135 Å². The summed E-state index contributed by atoms with van der Waals surface area (Å²) in [7, 11) is 2.12. The molecule has 0 spiro atoms. The molecule has 0 aliphatic heterocycles. The van der Waals surface area contributed by atoms with E-state index >= 15 is 0 Å². The predicted molar refractivity (Wildman–Crippen MR) is 92.7 cm³/mol. The summed E-state index contributed by atoms with van der Waals surface area (Å²) in [5.74, 6) is 0.734. The number of hydrogen-bond acceptors (Lipinski definition) is 2. The number of nitrogens with one attached hydrogen (secondary N) is 1. The average molecular weight is 301 g/mol. The zero-order valence-electron chi connectivity index (χ0n) is 14.2. The van der Waals surface area contributed by atoms with Gasteiger partial charge in [-0.25, -0.2) is 0 Å².